The quantitative estimate of drug-likeness (QED) is 0.162. The van der Waals surface area contributed by atoms with Crippen LogP contribution in [0.5, 0.6) is 0 Å². The first-order valence-electron chi connectivity index (χ1n) is 20.9. The summed E-state index contributed by atoms with van der Waals surface area (Å²) >= 11 is 0. The van der Waals surface area contributed by atoms with E-state index in [1.807, 2.05) is 12.1 Å². The molecule has 0 N–H and O–H groups in total. The predicted octanol–water partition coefficient (Wildman–Crippen LogP) is 14.4. The molecule has 0 unspecified atom stereocenters. The Hall–Kier alpha value is -8.41. The Bertz CT molecular complexity index is 3400. The normalized spacial score (nSPS) is 11.5. The molecule has 0 radical (unpaired) electrons. The fraction of sp³-hybridized carbons (Fsp3) is 0. The fourth-order valence-electron chi connectivity index (χ4n) is 9.06. The van der Waals surface area contributed by atoms with E-state index in [4.69, 9.17) is 15.0 Å². The summed E-state index contributed by atoms with van der Waals surface area (Å²) in [5, 5.41) is 4.80. The van der Waals surface area contributed by atoms with Gasteiger partial charge >= 0.3 is 0 Å². The molecule has 0 amide bonds. The zero-order valence-corrected chi connectivity index (χ0v) is 33.6. The van der Waals surface area contributed by atoms with Crippen LogP contribution in [-0.4, -0.2) is 24.1 Å². The zero-order chi connectivity index (χ0) is 41.0. The average Bonchev–Trinajstić information content (AvgIpc) is 3.87. The van der Waals surface area contributed by atoms with E-state index in [9.17, 15) is 0 Å². The topological polar surface area (TPSA) is 48.5 Å². The van der Waals surface area contributed by atoms with Gasteiger partial charge in [0.1, 0.15) is 0 Å². The maximum Gasteiger partial charge on any atom is 0.166 e. The molecule has 12 aromatic rings. The first kappa shape index (κ1) is 35.5. The summed E-state index contributed by atoms with van der Waals surface area (Å²) in [6, 6.07) is 79.2. The summed E-state index contributed by atoms with van der Waals surface area (Å²) in [6.07, 6.45) is 0. The Labute approximate surface area is 358 Å². The molecule has 3 heterocycles. The minimum atomic E-state index is 0.593. The van der Waals surface area contributed by atoms with Gasteiger partial charge in [0.15, 0.2) is 17.5 Å². The number of nitrogens with zero attached hydrogens (tertiary/aromatic N) is 5. The minimum absolute atomic E-state index is 0.593. The van der Waals surface area contributed by atoms with Crippen LogP contribution >= 0.6 is 0 Å². The van der Waals surface area contributed by atoms with E-state index in [1.54, 1.807) is 0 Å². The van der Waals surface area contributed by atoms with Gasteiger partial charge in [0.05, 0.1) is 27.8 Å². The minimum Gasteiger partial charge on any atom is -0.309 e. The van der Waals surface area contributed by atoms with Crippen LogP contribution < -0.4 is 0 Å². The summed E-state index contributed by atoms with van der Waals surface area (Å²) in [5.41, 5.74) is 13.9. The number of hydrogen-bond acceptors (Lipinski definition) is 3. The number of aromatic nitrogens is 5. The third kappa shape index (κ3) is 5.98. The third-order valence-electron chi connectivity index (χ3n) is 12.0. The van der Waals surface area contributed by atoms with Gasteiger partial charge in [-0.2, -0.15) is 0 Å². The molecule has 0 aliphatic heterocycles. The van der Waals surface area contributed by atoms with Crippen molar-refractivity contribution in [3.8, 4) is 67.8 Å². The Morgan fingerprint density at radius 3 is 1.03 bits per heavy atom. The van der Waals surface area contributed by atoms with Crippen LogP contribution in [0.15, 0.2) is 224 Å². The fourth-order valence-corrected chi connectivity index (χ4v) is 9.06. The predicted molar refractivity (Wildman–Crippen MR) is 256 cm³/mol. The van der Waals surface area contributed by atoms with Crippen molar-refractivity contribution in [1.82, 2.24) is 24.1 Å². The van der Waals surface area contributed by atoms with Crippen LogP contribution in [0.25, 0.3) is 111 Å². The van der Waals surface area contributed by atoms with Gasteiger partial charge < -0.3 is 9.13 Å². The summed E-state index contributed by atoms with van der Waals surface area (Å²) in [5.74, 6) is 1.81. The highest BCUT2D eigenvalue weighted by atomic mass is 15.1. The van der Waals surface area contributed by atoms with E-state index in [2.05, 4.69) is 221 Å². The Morgan fingerprint density at radius 2 is 0.597 bits per heavy atom. The van der Waals surface area contributed by atoms with Crippen molar-refractivity contribution in [3.63, 3.8) is 0 Å². The molecule has 290 valence electrons. The van der Waals surface area contributed by atoms with Gasteiger partial charge in [0.25, 0.3) is 0 Å². The van der Waals surface area contributed by atoms with E-state index in [0.717, 1.165) is 72.4 Å². The number of fused-ring (bicyclic) bond motifs is 6. The van der Waals surface area contributed by atoms with Gasteiger partial charge in [0.2, 0.25) is 0 Å². The van der Waals surface area contributed by atoms with Crippen LogP contribution in [-0.2, 0) is 0 Å². The maximum absolute atomic E-state index is 5.35. The second kappa shape index (κ2) is 14.7. The second-order valence-electron chi connectivity index (χ2n) is 15.6. The van der Waals surface area contributed by atoms with Gasteiger partial charge in [0, 0.05) is 43.9 Å². The molecule has 0 saturated heterocycles. The van der Waals surface area contributed by atoms with Crippen LogP contribution in [0.1, 0.15) is 0 Å². The lowest BCUT2D eigenvalue weighted by molar-refractivity contribution is 1.06. The standard InChI is InChI=1S/C57H37N5/c1-3-15-38(16-4-1)40-27-31-42(32-28-40)55-58-56(43-33-29-41(30-34-43)39-17-5-2-6-18-39)60-57(59-55)49-36-35-44(61-50-23-11-7-19-45(50)46-20-8-12-24-51(46)61)37-54(49)62-52-25-13-9-21-47(52)48-22-10-14-26-53(48)62/h1-37H. The van der Waals surface area contributed by atoms with Crippen molar-refractivity contribution >= 4 is 43.6 Å². The highest BCUT2D eigenvalue weighted by molar-refractivity contribution is 6.11. The number of hydrogen-bond donors (Lipinski definition) is 0. The smallest absolute Gasteiger partial charge is 0.166 e. The van der Waals surface area contributed by atoms with E-state index < -0.39 is 0 Å². The molecule has 0 aliphatic carbocycles. The number of benzene rings is 9. The van der Waals surface area contributed by atoms with Crippen molar-refractivity contribution in [2.75, 3.05) is 0 Å². The highest BCUT2D eigenvalue weighted by Gasteiger charge is 2.22. The van der Waals surface area contributed by atoms with Crippen molar-refractivity contribution in [2.24, 2.45) is 0 Å². The van der Waals surface area contributed by atoms with Gasteiger partial charge in [-0.3, -0.25) is 0 Å². The second-order valence-corrected chi connectivity index (χ2v) is 15.6. The van der Waals surface area contributed by atoms with Crippen LogP contribution in [0.2, 0.25) is 0 Å². The molecule has 0 bridgehead atoms. The maximum atomic E-state index is 5.35. The van der Waals surface area contributed by atoms with Crippen LogP contribution in [0, 0.1) is 0 Å². The van der Waals surface area contributed by atoms with Crippen LogP contribution in [0.4, 0.5) is 0 Å². The molecule has 9 aromatic carbocycles. The van der Waals surface area contributed by atoms with E-state index in [-0.39, 0.29) is 0 Å². The van der Waals surface area contributed by atoms with E-state index in [0.29, 0.717) is 17.5 Å². The molecule has 5 nitrogen and oxygen atoms in total. The summed E-state index contributed by atoms with van der Waals surface area (Å²) < 4.78 is 4.75. The molecule has 12 rings (SSSR count). The van der Waals surface area contributed by atoms with E-state index >= 15 is 0 Å². The van der Waals surface area contributed by atoms with Crippen LogP contribution in [0.3, 0.4) is 0 Å². The van der Waals surface area contributed by atoms with Gasteiger partial charge in [-0.05, 0) is 64.7 Å². The molecule has 0 fully saturated rings. The van der Waals surface area contributed by atoms with Gasteiger partial charge in [-0.15, -0.1) is 0 Å². The molecule has 0 atom stereocenters. The van der Waals surface area contributed by atoms with Crippen molar-refractivity contribution < 1.29 is 0 Å². The lowest BCUT2D eigenvalue weighted by atomic mass is 10.0. The lowest BCUT2D eigenvalue weighted by Gasteiger charge is -2.17. The van der Waals surface area contributed by atoms with Gasteiger partial charge in [-0.25, -0.2) is 15.0 Å². The molecule has 3 aromatic heterocycles. The monoisotopic (exact) mass is 791 g/mol. The Morgan fingerprint density at radius 1 is 0.258 bits per heavy atom. The van der Waals surface area contributed by atoms with Crippen molar-refractivity contribution in [2.45, 2.75) is 0 Å². The number of para-hydroxylation sites is 4. The van der Waals surface area contributed by atoms with Crippen molar-refractivity contribution in [1.29, 1.82) is 0 Å². The molecule has 0 spiro atoms. The molecule has 0 aliphatic rings. The number of rotatable bonds is 7. The summed E-state index contributed by atoms with van der Waals surface area (Å²) in [7, 11) is 0. The SMILES string of the molecule is c1ccc(-c2ccc(-c3nc(-c4ccc(-c5ccccc5)cc4)nc(-c4ccc(-n5c6ccccc6c6ccccc65)cc4-n4c5ccccc5c5ccccc54)n3)cc2)cc1. The molecule has 0 saturated carbocycles. The molecule has 62 heavy (non-hydrogen) atoms. The highest BCUT2D eigenvalue weighted by Crippen LogP contribution is 2.39. The molecular formula is C57H37N5. The Balaban J connectivity index is 1.11. The summed E-state index contributed by atoms with van der Waals surface area (Å²) in [6.45, 7) is 0. The molecular weight excluding hydrogens is 755 g/mol. The Kier molecular flexibility index (Phi) is 8.42. The third-order valence-corrected chi connectivity index (χ3v) is 12.0. The first-order chi connectivity index (χ1) is 30.7. The van der Waals surface area contributed by atoms with Gasteiger partial charge in [-0.1, -0.05) is 182 Å². The average molecular weight is 792 g/mol. The summed E-state index contributed by atoms with van der Waals surface area (Å²) in [4.78, 5) is 15.9. The molecule has 5 heteroatoms. The lowest BCUT2D eigenvalue weighted by Crippen LogP contribution is -2.05. The van der Waals surface area contributed by atoms with Crippen molar-refractivity contribution in [3.05, 3.63) is 224 Å². The zero-order valence-electron chi connectivity index (χ0n) is 33.6. The van der Waals surface area contributed by atoms with E-state index in [1.165, 1.54) is 21.5 Å². The first-order valence-corrected chi connectivity index (χ1v) is 20.9. The largest absolute Gasteiger partial charge is 0.309 e.